The van der Waals surface area contributed by atoms with Crippen molar-refractivity contribution in [1.82, 2.24) is 0 Å². The van der Waals surface area contributed by atoms with E-state index in [-0.39, 0.29) is 14.4 Å². The van der Waals surface area contributed by atoms with Crippen LogP contribution >= 0.6 is 23.2 Å². The lowest BCUT2D eigenvalue weighted by Gasteiger charge is -1.92. The Morgan fingerprint density at radius 2 is 2.22 bits per heavy atom. The maximum absolute atomic E-state index is 5.52. The first-order chi connectivity index (χ1) is 4.27. The molecule has 0 spiro atoms. The summed E-state index contributed by atoms with van der Waals surface area (Å²) in [6, 6.07) is 1.000. The molecule has 0 N–H and O–H groups in total. The fourth-order valence-electron chi connectivity index (χ4n) is 0.507. The Kier molecular flexibility index (Phi) is 7.05. The summed E-state index contributed by atoms with van der Waals surface area (Å²) in [4.78, 5) is -0.141. The van der Waals surface area contributed by atoms with E-state index >= 15 is 0 Å². The molecular formula is C6H12Cl2Si. The number of rotatable bonds is 4. The van der Waals surface area contributed by atoms with Crippen LogP contribution < -0.4 is 0 Å². The smallest absolute Gasteiger partial charge is 0.105 e. The molecule has 0 fully saturated rings. The van der Waals surface area contributed by atoms with E-state index in [1.165, 1.54) is 0 Å². The maximum atomic E-state index is 5.52. The number of hydrogen-bond donors (Lipinski definition) is 0. The Morgan fingerprint density at radius 1 is 1.56 bits per heavy atom. The van der Waals surface area contributed by atoms with E-state index in [9.17, 15) is 0 Å². The maximum Gasteiger partial charge on any atom is 0.105 e. The fourth-order valence-corrected chi connectivity index (χ4v) is 2.28. The molecule has 9 heavy (non-hydrogen) atoms. The van der Waals surface area contributed by atoms with Gasteiger partial charge in [-0.15, -0.1) is 28.9 Å². The Balaban J connectivity index is 2.99. The second kappa shape index (κ2) is 6.65. The van der Waals surface area contributed by atoms with Crippen LogP contribution in [0.15, 0.2) is 11.8 Å². The quantitative estimate of drug-likeness (QED) is 0.463. The molecule has 3 heteroatoms. The lowest BCUT2D eigenvalue weighted by atomic mass is 10.5. The third kappa shape index (κ3) is 8.54. The summed E-state index contributed by atoms with van der Waals surface area (Å²) in [6.07, 6.45) is 3.31. The first-order valence-corrected chi connectivity index (χ1v) is 5.89. The van der Waals surface area contributed by atoms with Gasteiger partial charge in [0, 0.05) is 9.52 Å². The second-order valence-electron chi connectivity index (χ2n) is 1.85. The van der Waals surface area contributed by atoms with Crippen molar-refractivity contribution in [3.05, 3.63) is 11.8 Å². The van der Waals surface area contributed by atoms with Gasteiger partial charge in [-0.25, -0.2) is 0 Å². The average Bonchev–Trinajstić information content (AvgIpc) is 1.80. The summed E-state index contributed by atoms with van der Waals surface area (Å²) >= 11 is 11.0. The molecule has 0 saturated heterocycles. The molecule has 0 nitrogen and oxygen atoms in total. The SMILES string of the molecule is CCC=C[SiH2]CC(Cl)Cl. The minimum atomic E-state index is -0.141. The van der Waals surface area contributed by atoms with Crippen LogP contribution in [0.3, 0.4) is 0 Å². The van der Waals surface area contributed by atoms with E-state index in [1.807, 2.05) is 0 Å². The van der Waals surface area contributed by atoms with Gasteiger partial charge in [-0.3, -0.25) is 0 Å². The van der Waals surface area contributed by atoms with Gasteiger partial charge < -0.3 is 0 Å². The molecule has 0 saturated carbocycles. The number of halogens is 2. The zero-order chi connectivity index (χ0) is 7.11. The van der Waals surface area contributed by atoms with E-state index in [4.69, 9.17) is 23.2 Å². The van der Waals surface area contributed by atoms with Crippen LogP contribution in [0.1, 0.15) is 13.3 Å². The predicted octanol–water partition coefficient (Wildman–Crippen LogP) is 2.30. The largest absolute Gasteiger partial charge is 0.106 e. The summed E-state index contributed by atoms with van der Waals surface area (Å²) in [5, 5.41) is 0. The molecule has 0 radical (unpaired) electrons. The highest BCUT2D eigenvalue weighted by atomic mass is 35.5. The molecule has 0 rings (SSSR count). The molecule has 0 amide bonds. The topological polar surface area (TPSA) is 0 Å². The Hall–Kier alpha value is 0.537. The Bertz CT molecular complexity index is 81.1. The summed E-state index contributed by atoms with van der Waals surface area (Å²) in [7, 11) is -0.0916. The van der Waals surface area contributed by atoms with Gasteiger partial charge >= 0.3 is 0 Å². The van der Waals surface area contributed by atoms with Crippen molar-refractivity contribution in [1.29, 1.82) is 0 Å². The van der Waals surface area contributed by atoms with Crippen LogP contribution in [0.2, 0.25) is 6.04 Å². The first-order valence-electron chi connectivity index (χ1n) is 3.20. The number of alkyl halides is 2. The van der Waals surface area contributed by atoms with Crippen molar-refractivity contribution in [2.75, 3.05) is 0 Å². The highest BCUT2D eigenvalue weighted by Gasteiger charge is 1.94. The minimum absolute atomic E-state index is 0.0916. The average molecular weight is 183 g/mol. The molecule has 0 aromatic rings. The molecule has 0 aliphatic rings. The summed E-state index contributed by atoms with van der Waals surface area (Å²) in [5.74, 6) is 0. The predicted molar refractivity (Wildman–Crippen MR) is 48.3 cm³/mol. The Morgan fingerprint density at radius 3 is 2.67 bits per heavy atom. The second-order valence-corrected chi connectivity index (χ2v) is 4.75. The van der Waals surface area contributed by atoms with E-state index in [0.717, 1.165) is 12.5 Å². The molecule has 0 atom stereocenters. The monoisotopic (exact) mass is 182 g/mol. The molecule has 0 unspecified atom stereocenters. The minimum Gasteiger partial charge on any atom is -0.106 e. The first kappa shape index (κ1) is 9.54. The zero-order valence-electron chi connectivity index (χ0n) is 5.61. The standard InChI is InChI=1S/C6H12Cl2Si/c1-2-3-4-9-5-6(7)8/h3-4,6H,2,5,9H2,1H3. The van der Waals surface area contributed by atoms with Gasteiger partial charge in [0.1, 0.15) is 4.84 Å². The van der Waals surface area contributed by atoms with E-state index < -0.39 is 0 Å². The normalized spacial score (nSPS) is 12.9. The van der Waals surface area contributed by atoms with Crippen LogP contribution in [-0.2, 0) is 0 Å². The van der Waals surface area contributed by atoms with Crippen LogP contribution in [0.25, 0.3) is 0 Å². The lowest BCUT2D eigenvalue weighted by Crippen LogP contribution is -1.91. The third-order valence-electron chi connectivity index (χ3n) is 0.954. The van der Waals surface area contributed by atoms with Gasteiger partial charge in [0.25, 0.3) is 0 Å². The van der Waals surface area contributed by atoms with Crippen LogP contribution in [0.5, 0.6) is 0 Å². The van der Waals surface area contributed by atoms with E-state index in [1.54, 1.807) is 0 Å². The zero-order valence-corrected chi connectivity index (χ0v) is 8.54. The summed E-state index contributed by atoms with van der Waals surface area (Å²) in [6.45, 7) is 2.13. The lowest BCUT2D eigenvalue weighted by molar-refractivity contribution is 1.23. The van der Waals surface area contributed by atoms with Gasteiger partial charge in [-0.1, -0.05) is 13.0 Å². The summed E-state index contributed by atoms with van der Waals surface area (Å²) < 4.78 is 0. The molecule has 54 valence electrons. The van der Waals surface area contributed by atoms with Crippen LogP contribution in [0.4, 0.5) is 0 Å². The van der Waals surface area contributed by atoms with Crippen LogP contribution in [-0.4, -0.2) is 14.4 Å². The third-order valence-corrected chi connectivity index (χ3v) is 3.70. The van der Waals surface area contributed by atoms with E-state index in [0.29, 0.717) is 0 Å². The molecule has 0 aliphatic heterocycles. The van der Waals surface area contributed by atoms with Gasteiger partial charge in [0.2, 0.25) is 0 Å². The van der Waals surface area contributed by atoms with Crippen LogP contribution in [0, 0.1) is 0 Å². The number of hydrogen-bond acceptors (Lipinski definition) is 0. The van der Waals surface area contributed by atoms with Gasteiger partial charge in [-0.05, 0) is 12.5 Å². The van der Waals surface area contributed by atoms with Crippen molar-refractivity contribution in [2.45, 2.75) is 24.2 Å². The molecule has 0 aromatic heterocycles. The van der Waals surface area contributed by atoms with Gasteiger partial charge in [0.15, 0.2) is 0 Å². The molecule has 0 aromatic carbocycles. The van der Waals surface area contributed by atoms with Crippen molar-refractivity contribution in [3.8, 4) is 0 Å². The molecule has 0 bridgehead atoms. The van der Waals surface area contributed by atoms with Crippen molar-refractivity contribution in [3.63, 3.8) is 0 Å². The fraction of sp³-hybridized carbons (Fsp3) is 0.667. The highest BCUT2D eigenvalue weighted by Crippen LogP contribution is 2.06. The number of allylic oxidation sites excluding steroid dienone is 1. The van der Waals surface area contributed by atoms with E-state index in [2.05, 4.69) is 18.7 Å². The highest BCUT2D eigenvalue weighted by molar-refractivity contribution is 6.52. The van der Waals surface area contributed by atoms with Gasteiger partial charge in [0.05, 0.1) is 0 Å². The van der Waals surface area contributed by atoms with Crippen molar-refractivity contribution >= 4 is 32.7 Å². The van der Waals surface area contributed by atoms with Gasteiger partial charge in [-0.2, -0.15) is 0 Å². The van der Waals surface area contributed by atoms with Crippen molar-refractivity contribution < 1.29 is 0 Å². The van der Waals surface area contributed by atoms with Crippen molar-refractivity contribution in [2.24, 2.45) is 0 Å². The molecular weight excluding hydrogens is 171 g/mol. The Labute approximate surface area is 69.1 Å². The molecule has 0 aliphatic carbocycles. The summed E-state index contributed by atoms with van der Waals surface area (Å²) in [5.41, 5.74) is 2.25. The molecule has 0 heterocycles.